The lowest BCUT2D eigenvalue weighted by Crippen LogP contribution is -2.38. The number of rotatable bonds is 6. The Bertz CT molecular complexity index is 318. The van der Waals surface area contributed by atoms with Crippen LogP contribution < -0.4 is 5.73 Å². The van der Waals surface area contributed by atoms with Gasteiger partial charge >= 0.3 is 0 Å². The van der Waals surface area contributed by atoms with E-state index in [1.807, 2.05) is 6.92 Å². The Morgan fingerprint density at radius 3 is 2.69 bits per heavy atom. The largest absolute Gasteiger partial charge is 0.330 e. The third kappa shape index (κ3) is 3.85. The molecule has 1 rings (SSSR count). The molecule has 4 heteroatoms. The molecule has 1 atom stereocenters. The van der Waals surface area contributed by atoms with E-state index < -0.39 is 0 Å². The highest BCUT2D eigenvalue weighted by atomic mass is 32.1. The first-order valence-corrected chi connectivity index (χ1v) is 6.66. The van der Waals surface area contributed by atoms with Crippen LogP contribution in [0, 0.1) is 12.3 Å². The van der Waals surface area contributed by atoms with Crippen molar-refractivity contribution in [3.8, 4) is 0 Å². The summed E-state index contributed by atoms with van der Waals surface area (Å²) in [5.74, 6) is 0. The molecule has 0 saturated heterocycles. The smallest absolute Gasteiger partial charge is 0.0897 e. The first kappa shape index (κ1) is 13.6. The zero-order valence-electron chi connectivity index (χ0n) is 10.8. The number of hydrogen-bond donors (Lipinski definition) is 1. The molecule has 0 bridgehead atoms. The molecular weight excluding hydrogens is 218 g/mol. The van der Waals surface area contributed by atoms with Gasteiger partial charge in [-0.2, -0.15) is 0 Å². The van der Waals surface area contributed by atoms with E-state index in [1.54, 1.807) is 11.3 Å². The monoisotopic (exact) mass is 241 g/mol. The minimum absolute atomic E-state index is 0.222. The van der Waals surface area contributed by atoms with E-state index >= 15 is 0 Å². The zero-order valence-corrected chi connectivity index (χ0v) is 11.6. The van der Waals surface area contributed by atoms with Crippen molar-refractivity contribution in [2.24, 2.45) is 11.1 Å². The molecule has 2 N–H and O–H groups in total. The van der Waals surface area contributed by atoms with Crippen LogP contribution in [0.1, 0.15) is 31.0 Å². The van der Waals surface area contributed by atoms with Crippen LogP contribution in [0.3, 0.4) is 0 Å². The average molecular weight is 241 g/mol. The molecule has 0 aliphatic rings. The highest BCUT2D eigenvalue weighted by Gasteiger charge is 2.22. The van der Waals surface area contributed by atoms with Crippen molar-refractivity contribution < 1.29 is 0 Å². The molecule has 0 aromatic carbocycles. The maximum absolute atomic E-state index is 5.82. The summed E-state index contributed by atoms with van der Waals surface area (Å²) in [6.45, 7) is 9.17. The Hall–Kier alpha value is -0.450. The molecule has 1 aromatic heterocycles. The van der Waals surface area contributed by atoms with Gasteiger partial charge in [-0.15, -0.1) is 11.3 Å². The van der Waals surface area contributed by atoms with E-state index in [-0.39, 0.29) is 5.41 Å². The van der Waals surface area contributed by atoms with Crippen molar-refractivity contribution in [2.75, 3.05) is 20.1 Å². The van der Waals surface area contributed by atoms with E-state index in [1.165, 1.54) is 5.69 Å². The Balaban J connectivity index is 2.50. The van der Waals surface area contributed by atoms with Crippen molar-refractivity contribution in [3.63, 3.8) is 0 Å². The molecule has 0 saturated carbocycles. The number of thiazole rings is 1. The molecule has 0 radical (unpaired) electrons. The van der Waals surface area contributed by atoms with Crippen molar-refractivity contribution >= 4 is 11.3 Å². The topological polar surface area (TPSA) is 42.1 Å². The molecule has 0 aliphatic heterocycles. The van der Waals surface area contributed by atoms with Gasteiger partial charge in [-0.25, -0.2) is 4.98 Å². The minimum atomic E-state index is 0.222. The van der Waals surface area contributed by atoms with E-state index in [9.17, 15) is 0 Å². The van der Waals surface area contributed by atoms with Crippen LogP contribution >= 0.6 is 11.3 Å². The molecule has 3 nitrogen and oxygen atoms in total. The maximum atomic E-state index is 5.82. The van der Waals surface area contributed by atoms with Gasteiger partial charge in [0.15, 0.2) is 0 Å². The first-order valence-electron chi connectivity index (χ1n) is 5.78. The summed E-state index contributed by atoms with van der Waals surface area (Å²) in [5.41, 5.74) is 7.21. The van der Waals surface area contributed by atoms with Gasteiger partial charge < -0.3 is 5.73 Å². The van der Waals surface area contributed by atoms with Gasteiger partial charge in [-0.1, -0.05) is 13.8 Å². The second kappa shape index (κ2) is 5.75. The molecule has 92 valence electrons. The molecule has 1 aromatic rings. The number of nitrogens with zero attached hydrogens (tertiary/aromatic N) is 2. The first-order chi connectivity index (χ1) is 7.49. The molecule has 1 heterocycles. The molecule has 0 spiro atoms. The lowest BCUT2D eigenvalue weighted by Gasteiger charge is -2.31. The highest BCUT2D eigenvalue weighted by Crippen LogP contribution is 2.21. The van der Waals surface area contributed by atoms with Crippen LogP contribution in [-0.4, -0.2) is 30.0 Å². The van der Waals surface area contributed by atoms with Crippen molar-refractivity contribution in [3.05, 3.63) is 16.1 Å². The van der Waals surface area contributed by atoms with Crippen LogP contribution in [0.25, 0.3) is 0 Å². The summed E-state index contributed by atoms with van der Waals surface area (Å²) >= 11 is 1.71. The average Bonchev–Trinajstić information content (AvgIpc) is 2.63. The summed E-state index contributed by atoms with van der Waals surface area (Å²) in [4.78, 5) is 6.79. The maximum Gasteiger partial charge on any atom is 0.0897 e. The van der Waals surface area contributed by atoms with Gasteiger partial charge in [0, 0.05) is 18.5 Å². The third-order valence-corrected chi connectivity index (χ3v) is 3.92. The number of aromatic nitrogens is 1. The van der Waals surface area contributed by atoms with Crippen LogP contribution in [-0.2, 0) is 6.54 Å². The quantitative estimate of drug-likeness (QED) is 0.830. The van der Waals surface area contributed by atoms with Gasteiger partial charge in [0.1, 0.15) is 0 Å². The Morgan fingerprint density at radius 1 is 1.56 bits per heavy atom. The Morgan fingerprint density at radius 2 is 2.25 bits per heavy atom. The molecule has 0 amide bonds. The molecule has 0 fully saturated rings. The van der Waals surface area contributed by atoms with Crippen LogP contribution in [0.2, 0.25) is 0 Å². The standard InChI is InChI=1S/C12H23N3S/c1-5-12(3,8-13)9-15(4)6-11-7-16-10(2)14-11/h7H,5-6,8-9,13H2,1-4H3. The Labute approximate surface area is 103 Å². The normalized spacial score (nSPS) is 15.4. The van der Waals surface area contributed by atoms with Crippen LogP contribution in [0.5, 0.6) is 0 Å². The Kier molecular flexibility index (Phi) is 4.89. The van der Waals surface area contributed by atoms with Crippen molar-refractivity contribution in [1.82, 2.24) is 9.88 Å². The molecule has 16 heavy (non-hydrogen) atoms. The number of aryl methyl sites for hydroxylation is 1. The zero-order chi connectivity index (χ0) is 12.2. The summed E-state index contributed by atoms with van der Waals surface area (Å²) in [5, 5.41) is 3.28. The summed E-state index contributed by atoms with van der Waals surface area (Å²) in [6, 6.07) is 0. The second-order valence-electron chi connectivity index (χ2n) is 4.90. The highest BCUT2D eigenvalue weighted by molar-refractivity contribution is 7.09. The van der Waals surface area contributed by atoms with Gasteiger partial charge in [0.2, 0.25) is 0 Å². The fourth-order valence-electron chi connectivity index (χ4n) is 1.79. The van der Waals surface area contributed by atoms with Crippen molar-refractivity contribution in [2.45, 2.75) is 33.7 Å². The fourth-order valence-corrected chi connectivity index (χ4v) is 2.39. The number of hydrogen-bond acceptors (Lipinski definition) is 4. The van der Waals surface area contributed by atoms with Gasteiger partial charge in [-0.05, 0) is 32.4 Å². The summed E-state index contributed by atoms with van der Waals surface area (Å²) in [6.07, 6.45) is 1.12. The van der Waals surface area contributed by atoms with Gasteiger partial charge in [0.25, 0.3) is 0 Å². The van der Waals surface area contributed by atoms with E-state index in [4.69, 9.17) is 5.73 Å². The van der Waals surface area contributed by atoms with Crippen LogP contribution in [0.15, 0.2) is 5.38 Å². The van der Waals surface area contributed by atoms with Gasteiger partial charge in [0.05, 0.1) is 10.7 Å². The number of nitrogens with two attached hydrogens (primary N) is 1. The van der Waals surface area contributed by atoms with Crippen molar-refractivity contribution in [1.29, 1.82) is 0 Å². The SMILES string of the molecule is CCC(C)(CN)CN(C)Cc1csc(C)n1. The molecule has 1 unspecified atom stereocenters. The predicted molar refractivity (Wildman–Crippen MR) is 70.6 cm³/mol. The molecular formula is C12H23N3S. The summed E-state index contributed by atoms with van der Waals surface area (Å²) in [7, 11) is 2.14. The lowest BCUT2D eigenvalue weighted by molar-refractivity contribution is 0.185. The molecule has 0 aliphatic carbocycles. The van der Waals surface area contributed by atoms with E-state index in [2.05, 4.69) is 36.2 Å². The van der Waals surface area contributed by atoms with E-state index in [0.29, 0.717) is 0 Å². The predicted octanol–water partition coefficient (Wildman–Crippen LogP) is 2.26. The van der Waals surface area contributed by atoms with Crippen LogP contribution in [0.4, 0.5) is 0 Å². The van der Waals surface area contributed by atoms with Gasteiger partial charge in [-0.3, -0.25) is 4.90 Å². The second-order valence-corrected chi connectivity index (χ2v) is 5.96. The summed E-state index contributed by atoms with van der Waals surface area (Å²) < 4.78 is 0. The fraction of sp³-hybridized carbons (Fsp3) is 0.750. The third-order valence-electron chi connectivity index (χ3n) is 3.10. The lowest BCUT2D eigenvalue weighted by atomic mass is 9.87. The minimum Gasteiger partial charge on any atom is -0.330 e. The van der Waals surface area contributed by atoms with E-state index in [0.717, 1.165) is 31.1 Å².